The molecule has 6 heteroatoms. The van der Waals surface area contributed by atoms with Crippen molar-refractivity contribution < 1.29 is 14.3 Å². The second-order valence-electron chi connectivity index (χ2n) is 9.72. The van der Waals surface area contributed by atoms with Crippen molar-refractivity contribution in [3.05, 3.63) is 89.2 Å². The zero-order valence-corrected chi connectivity index (χ0v) is 20.8. The summed E-state index contributed by atoms with van der Waals surface area (Å²) in [5, 5.41) is 3.27. The van der Waals surface area contributed by atoms with E-state index in [1.165, 1.54) is 17.5 Å². The molecule has 186 valence electrons. The van der Waals surface area contributed by atoms with E-state index in [4.69, 9.17) is 4.74 Å². The highest BCUT2D eigenvalue weighted by Gasteiger charge is 2.35. The quantitative estimate of drug-likeness (QED) is 0.487. The van der Waals surface area contributed by atoms with E-state index in [1.54, 1.807) is 36.4 Å². The Morgan fingerprint density at radius 2 is 1.72 bits per heavy atom. The summed E-state index contributed by atoms with van der Waals surface area (Å²) >= 11 is 0. The van der Waals surface area contributed by atoms with Gasteiger partial charge in [-0.1, -0.05) is 43.5 Å². The Balaban J connectivity index is 1.60. The molecule has 5 rings (SSSR count). The van der Waals surface area contributed by atoms with Gasteiger partial charge in [-0.05, 0) is 85.2 Å². The van der Waals surface area contributed by atoms with Crippen molar-refractivity contribution in [2.45, 2.75) is 63.5 Å². The number of rotatable bonds is 7. The number of nitrogens with one attached hydrogen (secondary N) is 1. The van der Waals surface area contributed by atoms with Crippen molar-refractivity contribution in [1.29, 1.82) is 0 Å². The fourth-order valence-electron chi connectivity index (χ4n) is 5.44. The molecule has 2 aliphatic rings. The molecule has 1 atom stereocenters. The minimum Gasteiger partial charge on any atom is -0.497 e. The lowest BCUT2D eigenvalue weighted by Crippen LogP contribution is -2.47. The van der Waals surface area contributed by atoms with Crippen LogP contribution in [0, 0.1) is 0 Å². The summed E-state index contributed by atoms with van der Waals surface area (Å²) in [5.74, 6) is 0.232. The molecule has 0 spiro atoms. The van der Waals surface area contributed by atoms with Crippen LogP contribution < -0.4 is 15.0 Å². The molecule has 1 heterocycles. The summed E-state index contributed by atoms with van der Waals surface area (Å²) in [7, 11) is 1.61. The predicted octanol–water partition coefficient (Wildman–Crippen LogP) is 5.42. The number of amides is 2. The van der Waals surface area contributed by atoms with E-state index in [2.05, 4.69) is 22.4 Å². The molecule has 1 fully saturated rings. The molecule has 1 aromatic heterocycles. The van der Waals surface area contributed by atoms with Gasteiger partial charge in [0.1, 0.15) is 17.5 Å². The maximum atomic E-state index is 14.0. The highest BCUT2D eigenvalue weighted by atomic mass is 16.5. The average molecular weight is 484 g/mol. The van der Waals surface area contributed by atoms with E-state index in [9.17, 15) is 9.59 Å². The number of benzene rings is 2. The van der Waals surface area contributed by atoms with Gasteiger partial charge < -0.3 is 10.1 Å². The van der Waals surface area contributed by atoms with Crippen LogP contribution in [0.1, 0.15) is 71.7 Å². The summed E-state index contributed by atoms with van der Waals surface area (Å²) in [6, 6.07) is 18.1. The number of ether oxygens (including phenoxy) is 1. The van der Waals surface area contributed by atoms with Crippen LogP contribution in [0.15, 0.2) is 66.9 Å². The summed E-state index contributed by atoms with van der Waals surface area (Å²) in [5.41, 5.74) is 4.31. The first kappa shape index (κ1) is 24.0. The first-order chi connectivity index (χ1) is 17.6. The molecule has 2 aliphatic carbocycles. The highest BCUT2D eigenvalue weighted by molar-refractivity contribution is 6.09. The standard InChI is InChI=1S/C30H33N3O3/c1-36-26-17-14-22(15-18-26)28(29(34)32-24-10-3-2-4-11-24)33(30(35)27-12-5-6-19-31-27)25-16-13-21-8-7-9-23(21)20-25/h5-6,12-20,24,28H,2-4,7-11H2,1H3,(H,32,34)/t28-/m0/s1. The maximum absolute atomic E-state index is 14.0. The number of hydrogen-bond donors (Lipinski definition) is 1. The fourth-order valence-corrected chi connectivity index (χ4v) is 5.44. The summed E-state index contributed by atoms with van der Waals surface area (Å²) in [4.78, 5) is 34.0. The third kappa shape index (κ3) is 5.13. The Labute approximate surface area is 212 Å². The van der Waals surface area contributed by atoms with Gasteiger partial charge in [0.05, 0.1) is 7.11 Å². The van der Waals surface area contributed by atoms with Crippen molar-refractivity contribution in [3.63, 3.8) is 0 Å². The summed E-state index contributed by atoms with van der Waals surface area (Å²) < 4.78 is 5.35. The van der Waals surface area contributed by atoms with Gasteiger partial charge in [0.15, 0.2) is 0 Å². The maximum Gasteiger partial charge on any atom is 0.277 e. The van der Waals surface area contributed by atoms with Crippen LogP contribution in [0.5, 0.6) is 5.75 Å². The SMILES string of the molecule is COc1ccc([C@@H](C(=O)NC2CCCCC2)N(C(=O)c2ccccn2)c2ccc3c(c2)CCC3)cc1. The third-order valence-electron chi connectivity index (χ3n) is 7.35. The van der Waals surface area contributed by atoms with Crippen LogP contribution in [0.25, 0.3) is 0 Å². The molecule has 0 unspecified atom stereocenters. The van der Waals surface area contributed by atoms with Crippen molar-refractivity contribution >= 4 is 17.5 Å². The predicted molar refractivity (Wildman–Crippen MR) is 140 cm³/mol. The van der Waals surface area contributed by atoms with Crippen molar-refractivity contribution in [2.75, 3.05) is 12.0 Å². The zero-order chi connectivity index (χ0) is 24.9. The molecular formula is C30H33N3O3. The number of carbonyl (C=O) groups excluding carboxylic acids is 2. The molecule has 3 aromatic rings. The fraction of sp³-hybridized carbons (Fsp3) is 0.367. The van der Waals surface area contributed by atoms with E-state index in [0.717, 1.165) is 50.5 Å². The molecule has 0 aliphatic heterocycles. The van der Waals surface area contributed by atoms with E-state index in [1.807, 2.05) is 30.3 Å². The Bertz CT molecular complexity index is 1200. The van der Waals surface area contributed by atoms with Gasteiger partial charge in [0.2, 0.25) is 5.91 Å². The number of anilines is 1. The number of pyridine rings is 1. The minimum atomic E-state index is -0.841. The number of hydrogen-bond acceptors (Lipinski definition) is 4. The molecule has 2 aromatic carbocycles. The van der Waals surface area contributed by atoms with Crippen molar-refractivity contribution in [2.24, 2.45) is 0 Å². The average Bonchev–Trinajstić information content (AvgIpc) is 3.40. The lowest BCUT2D eigenvalue weighted by molar-refractivity contribution is -0.123. The number of fused-ring (bicyclic) bond motifs is 1. The van der Waals surface area contributed by atoms with Gasteiger partial charge in [0, 0.05) is 17.9 Å². The molecule has 1 N–H and O–H groups in total. The van der Waals surface area contributed by atoms with Gasteiger partial charge in [-0.15, -0.1) is 0 Å². The highest BCUT2D eigenvalue weighted by Crippen LogP contribution is 2.34. The van der Waals surface area contributed by atoms with Crippen LogP contribution >= 0.6 is 0 Å². The molecule has 36 heavy (non-hydrogen) atoms. The monoisotopic (exact) mass is 483 g/mol. The van der Waals surface area contributed by atoms with Gasteiger partial charge in [0.25, 0.3) is 5.91 Å². The number of aromatic nitrogens is 1. The number of nitrogens with zero attached hydrogens (tertiary/aromatic N) is 2. The van der Waals surface area contributed by atoms with E-state index in [0.29, 0.717) is 17.1 Å². The normalized spacial score (nSPS) is 16.1. The van der Waals surface area contributed by atoms with Crippen molar-refractivity contribution in [3.8, 4) is 5.75 Å². The lowest BCUT2D eigenvalue weighted by Gasteiger charge is -2.33. The Morgan fingerprint density at radius 1 is 0.944 bits per heavy atom. The van der Waals surface area contributed by atoms with Crippen LogP contribution in [0.4, 0.5) is 5.69 Å². The lowest BCUT2D eigenvalue weighted by atomic mass is 9.94. The largest absolute Gasteiger partial charge is 0.497 e. The van der Waals surface area contributed by atoms with E-state index >= 15 is 0 Å². The Hall–Kier alpha value is -3.67. The second-order valence-corrected chi connectivity index (χ2v) is 9.72. The molecular weight excluding hydrogens is 450 g/mol. The zero-order valence-electron chi connectivity index (χ0n) is 20.8. The number of methoxy groups -OCH3 is 1. The smallest absolute Gasteiger partial charge is 0.277 e. The molecule has 0 radical (unpaired) electrons. The summed E-state index contributed by atoms with van der Waals surface area (Å²) in [6.07, 6.45) is 10.1. The molecule has 0 saturated heterocycles. The van der Waals surface area contributed by atoms with Crippen LogP contribution in [-0.4, -0.2) is 29.9 Å². The second kappa shape index (κ2) is 10.9. The number of carbonyl (C=O) groups is 2. The van der Waals surface area contributed by atoms with Crippen LogP contribution in [0.2, 0.25) is 0 Å². The van der Waals surface area contributed by atoms with E-state index < -0.39 is 6.04 Å². The third-order valence-corrected chi connectivity index (χ3v) is 7.35. The van der Waals surface area contributed by atoms with Gasteiger partial charge in [-0.25, -0.2) is 0 Å². The van der Waals surface area contributed by atoms with Gasteiger partial charge in [-0.3, -0.25) is 19.5 Å². The summed E-state index contributed by atoms with van der Waals surface area (Å²) in [6.45, 7) is 0. The van der Waals surface area contributed by atoms with Gasteiger partial charge in [-0.2, -0.15) is 0 Å². The van der Waals surface area contributed by atoms with E-state index in [-0.39, 0.29) is 17.9 Å². The Kier molecular flexibility index (Phi) is 7.31. The molecule has 1 saturated carbocycles. The van der Waals surface area contributed by atoms with Crippen LogP contribution in [0.3, 0.4) is 0 Å². The number of aryl methyl sites for hydroxylation is 2. The topological polar surface area (TPSA) is 71.5 Å². The molecule has 0 bridgehead atoms. The Morgan fingerprint density at radius 3 is 2.44 bits per heavy atom. The minimum absolute atomic E-state index is 0.124. The van der Waals surface area contributed by atoms with Crippen molar-refractivity contribution in [1.82, 2.24) is 10.3 Å². The van der Waals surface area contributed by atoms with Crippen LogP contribution in [-0.2, 0) is 17.6 Å². The first-order valence-corrected chi connectivity index (χ1v) is 12.9. The first-order valence-electron chi connectivity index (χ1n) is 12.9. The van der Waals surface area contributed by atoms with Gasteiger partial charge >= 0.3 is 0 Å². The molecule has 2 amide bonds. The molecule has 6 nitrogen and oxygen atoms in total.